The fourth-order valence-electron chi connectivity index (χ4n) is 2.18. The van der Waals surface area contributed by atoms with Gasteiger partial charge in [-0.05, 0) is 36.5 Å². The summed E-state index contributed by atoms with van der Waals surface area (Å²) in [5.41, 5.74) is 1.32. The normalized spacial score (nSPS) is 10.9. The molecule has 0 aromatic heterocycles. The molecule has 5 heteroatoms. The number of benzene rings is 1. The molecule has 0 unspecified atom stereocenters. The number of anilines is 1. The minimum absolute atomic E-state index is 0.309. The molecule has 0 saturated heterocycles. The smallest absolute Gasteiger partial charge is 0.313 e. The summed E-state index contributed by atoms with van der Waals surface area (Å²) in [7, 11) is 0. The number of amides is 2. The molecule has 0 atom stereocenters. The van der Waals surface area contributed by atoms with Gasteiger partial charge >= 0.3 is 11.8 Å². The Hall–Kier alpha value is -1.55. The van der Waals surface area contributed by atoms with Crippen molar-refractivity contribution >= 4 is 29.1 Å². The standard InChI is InChI=1S/C17H25ClN2O2/c1-11(2)9-20(10-12(3)4)17(22)16(21)19-15-8-6-7-14(18)13(15)5/h6-8,11-12H,9-10H2,1-5H3,(H,19,21). The molecule has 0 aliphatic carbocycles. The Bertz CT molecular complexity index is 531. The zero-order chi connectivity index (χ0) is 16.9. The number of hydrogen-bond acceptors (Lipinski definition) is 2. The molecule has 22 heavy (non-hydrogen) atoms. The van der Waals surface area contributed by atoms with E-state index in [1.807, 2.05) is 34.6 Å². The van der Waals surface area contributed by atoms with Crippen LogP contribution in [0.1, 0.15) is 33.3 Å². The molecule has 1 N–H and O–H groups in total. The van der Waals surface area contributed by atoms with Crippen molar-refractivity contribution in [2.45, 2.75) is 34.6 Å². The first kappa shape index (κ1) is 18.5. The van der Waals surface area contributed by atoms with Gasteiger partial charge in [-0.3, -0.25) is 9.59 Å². The zero-order valence-electron chi connectivity index (χ0n) is 13.9. The van der Waals surface area contributed by atoms with Gasteiger partial charge < -0.3 is 10.2 Å². The fourth-order valence-corrected chi connectivity index (χ4v) is 2.36. The largest absolute Gasteiger partial charge is 0.334 e. The van der Waals surface area contributed by atoms with Gasteiger partial charge in [-0.1, -0.05) is 45.4 Å². The molecule has 1 aromatic carbocycles. The van der Waals surface area contributed by atoms with E-state index < -0.39 is 11.8 Å². The molecule has 1 rings (SSSR count). The maximum atomic E-state index is 12.4. The van der Waals surface area contributed by atoms with E-state index in [-0.39, 0.29) is 0 Å². The van der Waals surface area contributed by atoms with Crippen molar-refractivity contribution in [3.8, 4) is 0 Å². The highest BCUT2D eigenvalue weighted by Gasteiger charge is 2.23. The lowest BCUT2D eigenvalue weighted by Crippen LogP contribution is -2.43. The average molecular weight is 325 g/mol. The molecule has 4 nitrogen and oxygen atoms in total. The third-order valence-corrected chi connectivity index (χ3v) is 3.58. The molecular formula is C17H25ClN2O2. The molecule has 0 fully saturated rings. The maximum Gasteiger partial charge on any atom is 0.313 e. The first-order chi connectivity index (χ1) is 10.2. The molecule has 122 valence electrons. The van der Waals surface area contributed by atoms with Crippen LogP contribution >= 0.6 is 11.6 Å². The van der Waals surface area contributed by atoms with Gasteiger partial charge in [-0.15, -0.1) is 0 Å². The van der Waals surface area contributed by atoms with Crippen LogP contribution in [0.25, 0.3) is 0 Å². The molecule has 0 spiro atoms. The number of nitrogens with zero attached hydrogens (tertiary/aromatic N) is 1. The predicted molar refractivity (Wildman–Crippen MR) is 91.1 cm³/mol. The van der Waals surface area contributed by atoms with Gasteiger partial charge in [0.25, 0.3) is 0 Å². The van der Waals surface area contributed by atoms with Gasteiger partial charge in [0.1, 0.15) is 0 Å². The van der Waals surface area contributed by atoms with E-state index in [1.165, 1.54) is 0 Å². The van der Waals surface area contributed by atoms with Crippen LogP contribution in [-0.2, 0) is 9.59 Å². The number of carbonyl (C=O) groups excluding carboxylic acids is 2. The van der Waals surface area contributed by atoms with Crippen molar-refractivity contribution in [3.05, 3.63) is 28.8 Å². The van der Waals surface area contributed by atoms with Gasteiger partial charge in [0.05, 0.1) is 0 Å². The Kier molecular flexibility index (Phi) is 6.88. The lowest BCUT2D eigenvalue weighted by atomic mass is 10.1. The van der Waals surface area contributed by atoms with Crippen LogP contribution in [0, 0.1) is 18.8 Å². The van der Waals surface area contributed by atoms with Crippen molar-refractivity contribution in [3.63, 3.8) is 0 Å². The Morgan fingerprint density at radius 3 is 2.18 bits per heavy atom. The van der Waals surface area contributed by atoms with Gasteiger partial charge in [-0.25, -0.2) is 0 Å². The van der Waals surface area contributed by atoms with Crippen LogP contribution in [-0.4, -0.2) is 29.8 Å². The van der Waals surface area contributed by atoms with E-state index in [0.29, 0.717) is 35.6 Å². The second-order valence-corrected chi connectivity index (χ2v) is 6.77. The van der Waals surface area contributed by atoms with Gasteiger partial charge in [-0.2, -0.15) is 0 Å². The van der Waals surface area contributed by atoms with E-state index in [4.69, 9.17) is 11.6 Å². The molecule has 0 bridgehead atoms. The van der Waals surface area contributed by atoms with Crippen LogP contribution < -0.4 is 5.32 Å². The molecule has 0 heterocycles. The summed E-state index contributed by atoms with van der Waals surface area (Å²) in [5, 5.41) is 3.22. The second kappa shape index (κ2) is 8.18. The topological polar surface area (TPSA) is 49.4 Å². The van der Waals surface area contributed by atoms with Gasteiger partial charge in [0.2, 0.25) is 0 Å². The minimum atomic E-state index is -0.619. The summed E-state index contributed by atoms with van der Waals surface area (Å²) in [6.07, 6.45) is 0. The number of hydrogen-bond donors (Lipinski definition) is 1. The SMILES string of the molecule is Cc1c(Cl)cccc1NC(=O)C(=O)N(CC(C)C)CC(C)C. The Morgan fingerprint density at radius 1 is 1.14 bits per heavy atom. The van der Waals surface area contributed by atoms with E-state index in [0.717, 1.165) is 5.56 Å². The number of halogens is 1. The Balaban J connectivity index is 2.84. The van der Waals surface area contributed by atoms with E-state index >= 15 is 0 Å². The predicted octanol–water partition coefficient (Wildman–Crippen LogP) is 3.73. The van der Waals surface area contributed by atoms with Crippen LogP contribution in [0.5, 0.6) is 0 Å². The average Bonchev–Trinajstić information content (AvgIpc) is 2.41. The number of carbonyl (C=O) groups is 2. The highest BCUT2D eigenvalue weighted by molar-refractivity contribution is 6.40. The summed E-state index contributed by atoms with van der Waals surface area (Å²) in [6, 6.07) is 5.23. The maximum absolute atomic E-state index is 12.4. The molecular weight excluding hydrogens is 300 g/mol. The molecule has 0 saturated carbocycles. The highest BCUT2D eigenvalue weighted by atomic mass is 35.5. The zero-order valence-corrected chi connectivity index (χ0v) is 14.7. The molecule has 0 aliphatic rings. The molecule has 2 amide bonds. The molecule has 0 radical (unpaired) electrons. The van der Waals surface area contributed by atoms with Gasteiger partial charge in [0.15, 0.2) is 0 Å². The Morgan fingerprint density at radius 2 is 1.68 bits per heavy atom. The summed E-state index contributed by atoms with van der Waals surface area (Å²) < 4.78 is 0. The molecule has 0 aliphatic heterocycles. The minimum Gasteiger partial charge on any atom is -0.334 e. The highest BCUT2D eigenvalue weighted by Crippen LogP contribution is 2.23. The quantitative estimate of drug-likeness (QED) is 0.839. The van der Waals surface area contributed by atoms with Gasteiger partial charge in [0, 0.05) is 23.8 Å². The first-order valence-electron chi connectivity index (χ1n) is 7.57. The second-order valence-electron chi connectivity index (χ2n) is 6.36. The summed E-state index contributed by atoms with van der Waals surface area (Å²) in [5.74, 6) is -0.500. The lowest BCUT2D eigenvalue weighted by Gasteiger charge is -2.25. The number of rotatable bonds is 5. The van der Waals surface area contributed by atoms with Crippen molar-refractivity contribution in [2.75, 3.05) is 18.4 Å². The summed E-state index contributed by atoms with van der Waals surface area (Å²) >= 11 is 6.03. The summed E-state index contributed by atoms with van der Waals surface area (Å²) in [4.78, 5) is 26.2. The van der Waals surface area contributed by atoms with Crippen molar-refractivity contribution in [1.29, 1.82) is 0 Å². The lowest BCUT2D eigenvalue weighted by molar-refractivity contribution is -0.143. The number of nitrogens with one attached hydrogen (secondary N) is 1. The monoisotopic (exact) mass is 324 g/mol. The van der Waals surface area contributed by atoms with E-state index in [9.17, 15) is 9.59 Å². The van der Waals surface area contributed by atoms with Crippen LogP contribution in [0.4, 0.5) is 5.69 Å². The fraction of sp³-hybridized carbons (Fsp3) is 0.529. The van der Waals surface area contributed by atoms with Crippen molar-refractivity contribution < 1.29 is 9.59 Å². The third kappa shape index (κ3) is 5.34. The summed E-state index contributed by atoms with van der Waals surface area (Å²) in [6.45, 7) is 11.1. The van der Waals surface area contributed by atoms with E-state index in [1.54, 1.807) is 23.1 Å². The third-order valence-electron chi connectivity index (χ3n) is 3.17. The first-order valence-corrected chi connectivity index (χ1v) is 7.95. The van der Waals surface area contributed by atoms with Crippen molar-refractivity contribution in [1.82, 2.24) is 4.90 Å². The molecule has 1 aromatic rings. The van der Waals surface area contributed by atoms with Crippen LogP contribution in [0.2, 0.25) is 5.02 Å². The van der Waals surface area contributed by atoms with E-state index in [2.05, 4.69) is 5.32 Å². The Labute approximate surface area is 137 Å². The van der Waals surface area contributed by atoms with Crippen LogP contribution in [0.3, 0.4) is 0 Å². The van der Waals surface area contributed by atoms with Crippen LogP contribution in [0.15, 0.2) is 18.2 Å². The van der Waals surface area contributed by atoms with Crippen molar-refractivity contribution in [2.24, 2.45) is 11.8 Å².